The molecular weight excluding hydrogens is 395 g/mol. The monoisotopic (exact) mass is 419 g/mol. The van der Waals surface area contributed by atoms with Crippen molar-refractivity contribution < 1.29 is 18.3 Å². The molecular formula is C21H24F3N5O. The van der Waals surface area contributed by atoms with E-state index in [1.165, 1.54) is 12.4 Å². The van der Waals surface area contributed by atoms with Gasteiger partial charge in [-0.2, -0.15) is 18.4 Å². The Hall–Kier alpha value is -2.44. The van der Waals surface area contributed by atoms with Gasteiger partial charge in [-0.25, -0.2) is 0 Å². The second-order valence-electron chi connectivity index (χ2n) is 8.25. The molecule has 2 heterocycles. The number of piperidine rings is 1. The zero-order chi connectivity index (χ0) is 21.3. The van der Waals surface area contributed by atoms with E-state index in [1.807, 2.05) is 0 Å². The summed E-state index contributed by atoms with van der Waals surface area (Å²) >= 11 is 0. The molecule has 1 aliphatic heterocycles. The number of fused-ring (bicyclic) bond motifs is 1. The molecule has 1 aromatic carbocycles. The summed E-state index contributed by atoms with van der Waals surface area (Å²) < 4.78 is 41.1. The lowest BCUT2D eigenvalue weighted by Gasteiger charge is -2.42. The smallest absolute Gasteiger partial charge is 0.393 e. The van der Waals surface area contributed by atoms with Gasteiger partial charge in [-0.15, -0.1) is 0 Å². The highest BCUT2D eigenvalue weighted by Crippen LogP contribution is 2.37. The number of rotatable bonds is 3. The summed E-state index contributed by atoms with van der Waals surface area (Å²) in [7, 11) is 0. The van der Waals surface area contributed by atoms with Crippen LogP contribution in [0.1, 0.15) is 37.7 Å². The lowest BCUT2D eigenvalue weighted by Crippen LogP contribution is -2.55. The molecule has 0 amide bonds. The third kappa shape index (κ3) is 4.35. The molecule has 2 aromatic rings. The molecule has 1 aromatic heterocycles. The second-order valence-corrected chi connectivity index (χ2v) is 8.25. The van der Waals surface area contributed by atoms with Gasteiger partial charge in [0.15, 0.2) is 0 Å². The maximum absolute atomic E-state index is 13.7. The first-order valence-corrected chi connectivity index (χ1v) is 10.2. The average molecular weight is 419 g/mol. The lowest BCUT2D eigenvalue weighted by molar-refractivity contribution is -0.177. The highest BCUT2D eigenvalue weighted by molar-refractivity contribution is 5.92. The first kappa shape index (κ1) is 20.8. The summed E-state index contributed by atoms with van der Waals surface area (Å²) in [5.41, 5.74) is 1.76. The fourth-order valence-corrected chi connectivity index (χ4v) is 4.62. The molecule has 4 rings (SSSR count). The minimum absolute atomic E-state index is 0.0267. The van der Waals surface area contributed by atoms with Crippen molar-refractivity contribution in [1.29, 1.82) is 5.26 Å². The molecule has 2 fully saturated rings. The zero-order valence-corrected chi connectivity index (χ0v) is 16.4. The maximum atomic E-state index is 13.7. The van der Waals surface area contributed by atoms with E-state index in [4.69, 9.17) is 0 Å². The number of nitrogens with zero attached hydrogens (tertiary/aromatic N) is 4. The van der Waals surface area contributed by atoms with E-state index < -0.39 is 12.1 Å². The standard InChI is InChI=1S/C21H24F3N5O/c22-21(23,24)14-9-16(28-15-2-4-17(30)5-3-15)12-29(11-14)18-6-1-13(10-25)19-20(18)27-8-7-26-19/h1,6-8,14-17,28,30H,2-5,9,11-12H2/t14-,15?,16-,17?/m0/s1. The molecule has 0 bridgehead atoms. The maximum Gasteiger partial charge on any atom is 0.393 e. The molecule has 0 spiro atoms. The Morgan fingerprint density at radius 3 is 2.40 bits per heavy atom. The third-order valence-electron chi connectivity index (χ3n) is 6.15. The van der Waals surface area contributed by atoms with Crippen LogP contribution in [0.15, 0.2) is 24.5 Å². The summed E-state index contributed by atoms with van der Waals surface area (Å²) in [6, 6.07) is 5.12. The Labute approximate surface area is 172 Å². The van der Waals surface area contributed by atoms with E-state index in [0.717, 1.165) is 12.8 Å². The van der Waals surface area contributed by atoms with Crippen LogP contribution >= 0.6 is 0 Å². The van der Waals surface area contributed by atoms with Crippen LogP contribution in [0.5, 0.6) is 0 Å². The van der Waals surface area contributed by atoms with Crippen LogP contribution in [0.3, 0.4) is 0 Å². The topological polar surface area (TPSA) is 85.1 Å². The SMILES string of the molecule is N#Cc1ccc(N2C[C@@H](NC3CCC(O)CC3)C[C@H](C(F)(F)F)C2)c2nccnc12. The Balaban J connectivity index is 1.62. The molecule has 6 nitrogen and oxygen atoms in total. The van der Waals surface area contributed by atoms with E-state index in [-0.39, 0.29) is 31.2 Å². The fourth-order valence-electron chi connectivity index (χ4n) is 4.62. The van der Waals surface area contributed by atoms with Gasteiger partial charge in [0.05, 0.1) is 23.3 Å². The quantitative estimate of drug-likeness (QED) is 0.795. The highest BCUT2D eigenvalue weighted by atomic mass is 19.4. The number of benzene rings is 1. The number of anilines is 1. The Morgan fingerprint density at radius 2 is 1.73 bits per heavy atom. The van der Waals surface area contributed by atoms with E-state index in [2.05, 4.69) is 21.4 Å². The second kappa shape index (κ2) is 8.36. The molecule has 9 heteroatoms. The highest BCUT2D eigenvalue weighted by Gasteiger charge is 2.45. The number of hydrogen-bond donors (Lipinski definition) is 2. The first-order valence-electron chi connectivity index (χ1n) is 10.2. The van der Waals surface area contributed by atoms with Crippen molar-refractivity contribution in [3.63, 3.8) is 0 Å². The van der Waals surface area contributed by atoms with Gasteiger partial charge in [-0.3, -0.25) is 9.97 Å². The summed E-state index contributed by atoms with van der Waals surface area (Å²) in [4.78, 5) is 10.3. The minimum Gasteiger partial charge on any atom is -0.393 e. The van der Waals surface area contributed by atoms with Crippen LogP contribution in [-0.4, -0.2) is 52.5 Å². The van der Waals surface area contributed by atoms with Gasteiger partial charge in [0.2, 0.25) is 0 Å². The zero-order valence-electron chi connectivity index (χ0n) is 16.4. The number of halogens is 3. The summed E-state index contributed by atoms with van der Waals surface area (Å²) in [5.74, 6) is -1.46. The number of alkyl halides is 3. The molecule has 0 radical (unpaired) electrons. The number of aromatic nitrogens is 2. The summed E-state index contributed by atoms with van der Waals surface area (Å²) in [5, 5.41) is 22.4. The van der Waals surface area contributed by atoms with Gasteiger partial charge in [-0.1, -0.05) is 0 Å². The predicted molar refractivity (Wildman–Crippen MR) is 106 cm³/mol. The van der Waals surface area contributed by atoms with Gasteiger partial charge in [0.25, 0.3) is 0 Å². The molecule has 2 N–H and O–H groups in total. The Morgan fingerprint density at radius 1 is 1.03 bits per heavy atom. The number of aliphatic hydroxyl groups is 1. The predicted octanol–water partition coefficient (Wildman–Crippen LogP) is 3.15. The van der Waals surface area contributed by atoms with E-state index in [9.17, 15) is 23.5 Å². The largest absolute Gasteiger partial charge is 0.393 e. The van der Waals surface area contributed by atoms with Crippen molar-refractivity contribution in [1.82, 2.24) is 15.3 Å². The molecule has 1 saturated heterocycles. The van der Waals surface area contributed by atoms with Gasteiger partial charge in [0, 0.05) is 37.6 Å². The molecule has 160 valence electrons. The molecule has 30 heavy (non-hydrogen) atoms. The van der Waals surface area contributed by atoms with Crippen LogP contribution in [0.4, 0.5) is 18.9 Å². The van der Waals surface area contributed by atoms with Gasteiger partial charge in [0.1, 0.15) is 17.1 Å². The van der Waals surface area contributed by atoms with Crippen molar-refractivity contribution in [2.45, 2.75) is 56.5 Å². The normalized spacial score (nSPS) is 27.8. The molecule has 0 unspecified atom stereocenters. The number of nitriles is 1. The molecule has 2 atom stereocenters. The average Bonchev–Trinajstić information content (AvgIpc) is 2.74. The van der Waals surface area contributed by atoms with Crippen LogP contribution < -0.4 is 10.2 Å². The number of hydrogen-bond acceptors (Lipinski definition) is 6. The van der Waals surface area contributed by atoms with Crippen LogP contribution in [0, 0.1) is 17.2 Å². The van der Waals surface area contributed by atoms with Crippen LogP contribution in [0.2, 0.25) is 0 Å². The van der Waals surface area contributed by atoms with Crippen molar-refractivity contribution in [3.8, 4) is 6.07 Å². The van der Waals surface area contributed by atoms with Gasteiger partial charge >= 0.3 is 6.18 Å². The summed E-state index contributed by atoms with van der Waals surface area (Å²) in [6.45, 7) is 0.270. The third-order valence-corrected chi connectivity index (χ3v) is 6.15. The van der Waals surface area contributed by atoms with Crippen molar-refractivity contribution in [3.05, 3.63) is 30.1 Å². The van der Waals surface area contributed by atoms with E-state index >= 15 is 0 Å². The van der Waals surface area contributed by atoms with Crippen LogP contribution in [-0.2, 0) is 0 Å². The molecule has 1 aliphatic carbocycles. The summed E-state index contributed by atoms with van der Waals surface area (Å²) in [6.07, 6.45) is 1.26. The van der Waals surface area contributed by atoms with Gasteiger partial charge in [-0.05, 0) is 44.2 Å². The molecule has 1 saturated carbocycles. The number of nitrogens with one attached hydrogen (secondary N) is 1. The minimum atomic E-state index is -4.30. The Bertz CT molecular complexity index is 936. The van der Waals surface area contributed by atoms with Gasteiger partial charge < -0.3 is 15.3 Å². The van der Waals surface area contributed by atoms with Crippen molar-refractivity contribution in [2.75, 3.05) is 18.0 Å². The van der Waals surface area contributed by atoms with E-state index in [1.54, 1.807) is 17.0 Å². The van der Waals surface area contributed by atoms with Crippen LogP contribution in [0.25, 0.3) is 11.0 Å². The van der Waals surface area contributed by atoms with E-state index in [0.29, 0.717) is 41.7 Å². The van der Waals surface area contributed by atoms with Crippen molar-refractivity contribution in [2.24, 2.45) is 5.92 Å². The first-order chi connectivity index (χ1) is 14.3. The van der Waals surface area contributed by atoms with Crippen molar-refractivity contribution >= 4 is 16.7 Å². The lowest BCUT2D eigenvalue weighted by atomic mass is 9.89. The molecule has 2 aliphatic rings. The number of aliphatic hydroxyl groups excluding tert-OH is 1. The Kier molecular flexibility index (Phi) is 5.80. The fraction of sp³-hybridized carbons (Fsp3) is 0.571.